The highest BCUT2D eigenvalue weighted by atomic mass is 32.2. The molecule has 3 aromatic rings. The summed E-state index contributed by atoms with van der Waals surface area (Å²) in [6.45, 7) is 5.59. The number of morpholine rings is 1. The van der Waals surface area contributed by atoms with E-state index in [2.05, 4.69) is 15.2 Å². The van der Waals surface area contributed by atoms with Gasteiger partial charge in [0.1, 0.15) is 0 Å². The zero-order valence-corrected chi connectivity index (χ0v) is 20.1. The monoisotopic (exact) mass is 489 g/mol. The number of benzene rings is 1. The predicted octanol–water partition coefficient (Wildman–Crippen LogP) is 2.30. The topological polar surface area (TPSA) is 96.2 Å². The van der Waals surface area contributed by atoms with Crippen molar-refractivity contribution in [2.75, 3.05) is 49.6 Å². The molecule has 5 rings (SSSR count). The Balaban J connectivity index is 1.46. The van der Waals surface area contributed by atoms with E-state index in [0.717, 1.165) is 43.0 Å². The fourth-order valence-corrected chi connectivity index (χ4v) is 6.69. The first-order valence-corrected chi connectivity index (χ1v) is 13.4. The number of sulfonamides is 1. The number of ether oxygens (including phenoxy) is 1. The number of rotatable bonds is 6. The molecule has 2 aromatic heterocycles. The molecule has 2 aliphatic heterocycles. The zero-order chi connectivity index (χ0) is 23.0. The van der Waals surface area contributed by atoms with E-state index in [1.165, 1.54) is 21.7 Å². The number of hydrogen-bond donors (Lipinski definition) is 1. The molecule has 176 valence electrons. The number of aromatic nitrogens is 2. The quantitative estimate of drug-likeness (QED) is 0.568. The van der Waals surface area contributed by atoms with Crippen molar-refractivity contribution in [3.63, 3.8) is 0 Å². The molecule has 11 heteroatoms. The molecule has 4 heterocycles. The molecule has 2 saturated heterocycles. The fraction of sp³-hybridized carbons (Fsp3) is 0.455. The van der Waals surface area contributed by atoms with Crippen LogP contribution in [0.15, 0.2) is 39.3 Å². The van der Waals surface area contributed by atoms with Crippen LogP contribution in [0.3, 0.4) is 0 Å². The van der Waals surface area contributed by atoms with Gasteiger partial charge in [0, 0.05) is 43.3 Å². The van der Waals surface area contributed by atoms with Crippen molar-refractivity contribution < 1.29 is 13.2 Å². The second-order valence-electron chi connectivity index (χ2n) is 8.32. The molecule has 0 amide bonds. The lowest BCUT2D eigenvalue weighted by molar-refractivity contribution is 0.0730. The average molecular weight is 490 g/mol. The molecule has 0 saturated carbocycles. The minimum Gasteiger partial charge on any atom is -0.379 e. The van der Waals surface area contributed by atoms with Gasteiger partial charge >= 0.3 is 0 Å². The third-order valence-electron chi connectivity index (χ3n) is 6.11. The van der Waals surface area contributed by atoms with Crippen molar-refractivity contribution in [3.8, 4) is 0 Å². The second-order valence-corrected chi connectivity index (χ2v) is 11.1. The first-order chi connectivity index (χ1) is 15.9. The molecule has 0 aliphatic carbocycles. The molecule has 0 spiro atoms. The Morgan fingerprint density at radius 2 is 1.88 bits per heavy atom. The maximum atomic E-state index is 13.2. The average Bonchev–Trinajstić information content (AvgIpc) is 3.48. The minimum absolute atomic E-state index is 0.112. The van der Waals surface area contributed by atoms with Crippen LogP contribution in [0, 0.1) is 6.92 Å². The minimum atomic E-state index is -3.61. The van der Waals surface area contributed by atoms with E-state index in [1.807, 2.05) is 18.4 Å². The lowest BCUT2D eigenvalue weighted by atomic mass is 10.2. The zero-order valence-electron chi connectivity index (χ0n) is 18.5. The Kier molecular flexibility index (Phi) is 6.12. The van der Waals surface area contributed by atoms with Crippen molar-refractivity contribution in [1.29, 1.82) is 0 Å². The van der Waals surface area contributed by atoms with E-state index in [0.29, 0.717) is 43.5 Å². The number of nitrogens with one attached hydrogen (secondary N) is 1. The Labute approximate surface area is 196 Å². The summed E-state index contributed by atoms with van der Waals surface area (Å²) in [5.41, 5.74) is 3.08. The number of fused-ring (bicyclic) bond motifs is 1. The van der Waals surface area contributed by atoms with Gasteiger partial charge in [0.15, 0.2) is 4.96 Å². The maximum absolute atomic E-state index is 13.2. The van der Waals surface area contributed by atoms with Gasteiger partial charge in [-0.15, -0.1) is 11.3 Å². The summed E-state index contributed by atoms with van der Waals surface area (Å²) in [6.07, 6.45) is 2.22. The van der Waals surface area contributed by atoms with Crippen LogP contribution >= 0.6 is 11.3 Å². The van der Waals surface area contributed by atoms with Crippen LogP contribution < -0.4 is 15.8 Å². The molecule has 33 heavy (non-hydrogen) atoms. The van der Waals surface area contributed by atoms with Crippen LogP contribution in [0.4, 0.5) is 11.4 Å². The first-order valence-electron chi connectivity index (χ1n) is 11.1. The highest BCUT2D eigenvalue weighted by molar-refractivity contribution is 7.89. The van der Waals surface area contributed by atoms with E-state index in [1.54, 1.807) is 16.5 Å². The van der Waals surface area contributed by atoms with Crippen molar-refractivity contribution in [1.82, 2.24) is 13.7 Å². The van der Waals surface area contributed by atoms with E-state index in [-0.39, 0.29) is 10.5 Å². The van der Waals surface area contributed by atoms with Gasteiger partial charge in [0.25, 0.3) is 5.56 Å². The molecular weight excluding hydrogens is 462 g/mol. The molecule has 2 fully saturated rings. The van der Waals surface area contributed by atoms with E-state index >= 15 is 0 Å². The molecule has 0 atom stereocenters. The summed E-state index contributed by atoms with van der Waals surface area (Å²) in [5, 5.41) is 5.27. The Hall–Kier alpha value is -2.47. The van der Waals surface area contributed by atoms with Gasteiger partial charge in [-0.1, -0.05) is 0 Å². The Morgan fingerprint density at radius 1 is 1.12 bits per heavy atom. The van der Waals surface area contributed by atoms with Crippen molar-refractivity contribution in [3.05, 3.63) is 51.4 Å². The fourth-order valence-electron chi connectivity index (χ4n) is 4.36. The number of aryl methyl sites for hydroxylation is 1. The Morgan fingerprint density at radius 3 is 2.64 bits per heavy atom. The SMILES string of the molecule is Cc1csc2nc(CNc3cc(S(=O)(=O)N4CCOCC4)ccc3N3CCCC3)cc(=O)n12. The molecule has 1 N–H and O–H groups in total. The first kappa shape index (κ1) is 22.3. The van der Waals surface area contributed by atoms with Gasteiger partial charge in [-0.25, -0.2) is 13.4 Å². The molecule has 0 radical (unpaired) electrons. The molecular formula is C22H27N5O4S2. The van der Waals surface area contributed by atoms with Gasteiger partial charge < -0.3 is 15.0 Å². The number of hydrogen-bond acceptors (Lipinski definition) is 8. The molecule has 0 bridgehead atoms. The summed E-state index contributed by atoms with van der Waals surface area (Å²) in [5.74, 6) is 0. The van der Waals surface area contributed by atoms with Crippen LogP contribution in [-0.2, 0) is 21.3 Å². The molecule has 1 aromatic carbocycles. The van der Waals surface area contributed by atoms with Gasteiger partial charge in [-0.2, -0.15) is 4.31 Å². The third kappa shape index (κ3) is 4.37. The predicted molar refractivity (Wildman–Crippen MR) is 129 cm³/mol. The number of nitrogens with zero attached hydrogens (tertiary/aromatic N) is 4. The third-order valence-corrected chi connectivity index (χ3v) is 8.95. The van der Waals surface area contributed by atoms with E-state index in [9.17, 15) is 13.2 Å². The van der Waals surface area contributed by atoms with Crippen LogP contribution in [0.5, 0.6) is 0 Å². The van der Waals surface area contributed by atoms with Crippen molar-refractivity contribution in [2.45, 2.75) is 31.2 Å². The molecule has 9 nitrogen and oxygen atoms in total. The molecule has 2 aliphatic rings. The van der Waals surface area contributed by atoms with Gasteiger partial charge in [0.2, 0.25) is 10.0 Å². The Bertz CT molecular complexity index is 1320. The van der Waals surface area contributed by atoms with E-state index in [4.69, 9.17) is 4.74 Å². The lowest BCUT2D eigenvalue weighted by Gasteiger charge is -2.27. The smallest absolute Gasteiger partial charge is 0.259 e. The molecule has 0 unspecified atom stereocenters. The summed E-state index contributed by atoms with van der Waals surface area (Å²) < 4.78 is 34.8. The summed E-state index contributed by atoms with van der Waals surface area (Å²) in [4.78, 5) is 20.3. The van der Waals surface area contributed by atoms with E-state index < -0.39 is 10.0 Å². The summed E-state index contributed by atoms with van der Waals surface area (Å²) in [7, 11) is -3.61. The second kappa shape index (κ2) is 9.05. The van der Waals surface area contributed by atoms with Crippen molar-refractivity contribution in [2.24, 2.45) is 0 Å². The van der Waals surface area contributed by atoms with Crippen LogP contribution in [0.1, 0.15) is 24.2 Å². The van der Waals surface area contributed by atoms with Crippen LogP contribution in [0.2, 0.25) is 0 Å². The largest absolute Gasteiger partial charge is 0.379 e. The van der Waals surface area contributed by atoms with Crippen LogP contribution in [0.25, 0.3) is 4.96 Å². The highest BCUT2D eigenvalue weighted by Crippen LogP contribution is 2.33. The summed E-state index contributed by atoms with van der Waals surface area (Å²) >= 11 is 1.43. The van der Waals surface area contributed by atoms with Gasteiger partial charge in [-0.3, -0.25) is 9.20 Å². The standard InChI is InChI=1S/C22H27N5O4S2/c1-16-15-32-22-24-17(12-21(28)27(16)22)14-23-19-13-18(4-5-20(19)25-6-2-3-7-25)33(29,30)26-8-10-31-11-9-26/h4-5,12-13,15,23H,2-3,6-11,14H2,1H3. The normalized spacial score (nSPS) is 17.7. The number of anilines is 2. The van der Waals surface area contributed by atoms with Gasteiger partial charge in [-0.05, 0) is 38.0 Å². The highest BCUT2D eigenvalue weighted by Gasteiger charge is 2.28. The van der Waals surface area contributed by atoms with Gasteiger partial charge in [0.05, 0.1) is 41.7 Å². The summed E-state index contributed by atoms with van der Waals surface area (Å²) in [6, 6.07) is 6.81. The number of thiazole rings is 1. The maximum Gasteiger partial charge on any atom is 0.259 e. The van der Waals surface area contributed by atoms with Crippen molar-refractivity contribution >= 4 is 37.7 Å². The lowest BCUT2D eigenvalue weighted by Crippen LogP contribution is -2.40. The van der Waals surface area contributed by atoms with Crippen LogP contribution in [-0.4, -0.2) is 61.5 Å².